The predicted octanol–water partition coefficient (Wildman–Crippen LogP) is 2.79. The molecule has 3 amide bonds. The molecule has 2 aromatic rings. The van der Waals surface area contributed by atoms with E-state index in [-0.39, 0.29) is 5.56 Å². The average Bonchev–Trinajstić information content (AvgIpc) is 2.88. The van der Waals surface area contributed by atoms with Crippen molar-refractivity contribution in [3.8, 4) is 16.2 Å². The van der Waals surface area contributed by atoms with Crippen LogP contribution < -0.4 is 21.5 Å². The summed E-state index contributed by atoms with van der Waals surface area (Å²) in [7, 11) is 0. The number of hydrogen-bond donors (Lipinski definition) is 3. The molecule has 22 heavy (non-hydrogen) atoms. The zero-order valence-corrected chi connectivity index (χ0v) is 12.9. The molecule has 2 rings (SSSR count). The van der Waals surface area contributed by atoms with Crippen molar-refractivity contribution in [1.29, 1.82) is 0 Å². The molecule has 1 aromatic carbocycles. The highest BCUT2D eigenvalue weighted by molar-refractivity contribution is 7.20. The second-order valence-corrected chi connectivity index (χ2v) is 5.60. The summed E-state index contributed by atoms with van der Waals surface area (Å²) >= 11 is 1.22. The van der Waals surface area contributed by atoms with Crippen LogP contribution in [0.25, 0.3) is 10.4 Å². The van der Waals surface area contributed by atoms with E-state index in [0.717, 1.165) is 16.9 Å². The van der Waals surface area contributed by atoms with Gasteiger partial charge in [-0.1, -0.05) is 19.1 Å². The zero-order valence-electron chi connectivity index (χ0n) is 12.1. The number of rotatable bonds is 6. The minimum Gasteiger partial charge on any atom is -0.493 e. The van der Waals surface area contributed by atoms with E-state index in [1.54, 1.807) is 6.07 Å². The number of primary amides is 2. The van der Waals surface area contributed by atoms with Gasteiger partial charge in [-0.05, 0) is 24.6 Å². The van der Waals surface area contributed by atoms with E-state index < -0.39 is 11.9 Å². The second kappa shape index (κ2) is 6.95. The molecule has 1 heterocycles. The molecule has 0 aliphatic carbocycles. The van der Waals surface area contributed by atoms with Gasteiger partial charge in [-0.25, -0.2) is 4.79 Å². The first kappa shape index (κ1) is 15.8. The van der Waals surface area contributed by atoms with Crippen molar-refractivity contribution in [2.24, 2.45) is 11.5 Å². The fraction of sp³-hybridized carbons (Fsp3) is 0.200. The lowest BCUT2D eigenvalue weighted by atomic mass is 10.1. The van der Waals surface area contributed by atoms with Gasteiger partial charge in [-0.3, -0.25) is 10.1 Å². The molecular formula is C15H17N3O3S. The van der Waals surface area contributed by atoms with Gasteiger partial charge in [0.05, 0.1) is 12.2 Å². The minimum absolute atomic E-state index is 0.226. The van der Waals surface area contributed by atoms with Crippen molar-refractivity contribution < 1.29 is 14.3 Å². The monoisotopic (exact) mass is 319 g/mol. The molecule has 0 spiro atoms. The number of nitrogens with two attached hydrogens (primary N) is 2. The van der Waals surface area contributed by atoms with Crippen molar-refractivity contribution >= 4 is 28.3 Å². The molecule has 0 unspecified atom stereocenters. The van der Waals surface area contributed by atoms with Crippen LogP contribution in [-0.2, 0) is 0 Å². The summed E-state index contributed by atoms with van der Waals surface area (Å²) < 4.78 is 5.71. The van der Waals surface area contributed by atoms with Crippen molar-refractivity contribution in [3.05, 3.63) is 35.9 Å². The van der Waals surface area contributed by atoms with Gasteiger partial charge in [0.2, 0.25) is 0 Å². The van der Waals surface area contributed by atoms with Crippen LogP contribution in [-0.4, -0.2) is 18.5 Å². The SMILES string of the molecule is CCCOc1ccccc1-c1cc(C(N)=O)c(NC(N)=O)s1. The Labute approximate surface area is 132 Å². The van der Waals surface area contributed by atoms with Crippen LogP contribution in [0.5, 0.6) is 5.75 Å². The van der Waals surface area contributed by atoms with E-state index in [1.807, 2.05) is 31.2 Å². The van der Waals surface area contributed by atoms with Gasteiger partial charge in [0.25, 0.3) is 5.91 Å². The number of amides is 3. The normalized spacial score (nSPS) is 10.2. The number of urea groups is 1. The van der Waals surface area contributed by atoms with Crippen LogP contribution in [0.1, 0.15) is 23.7 Å². The summed E-state index contributed by atoms with van der Waals surface area (Å²) in [5.74, 6) is 0.0884. The van der Waals surface area contributed by atoms with E-state index >= 15 is 0 Å². The summed E-state index contributed by atoms with van der Waals surface area (Å²) in [4.78, 5) is 23.3. The third-order valence-corrected chi connectivity index (χ3v) is 3.93. The Morgan fingerprint density at radius 1 is 1.27 bits per heavy atom. The van der Waals surface area contributed by atoms with Gasteiger partial charge in [0.1, 0.15) is 10.8 Å². The van der Waals surface area contributed by atoms with E-state index in [2.05, 4.69) is 5.32 Å². The van der Waals surface area contributed by atoms with E-state index in [0.29, 0.717) is 17.4 Å². The molecule has 0 fully saturated rings. The predicted molar refractivity (Wildman–Crippen MR) is 87.3 cm³/mol. The van der Waals surface area contributed by atoms with Crippen LogP contribution in [0.3, 0.4) is 0 Å². The number of nitrogens with one attached hydrogen (secondary N) is 1. The lowest BCUT2D eigenvalue weighted by Gasteiger charge is -2.09. The van der Waals surface area contributed by atoms with Crippen LogP contribution in [0.15, 0.2) is 30.3 Å². The number of carbonyl (C=O) groups excluding carboxylic acids is 2. The first-order chi connectivity index (χ1) is 10.5. The number of benzene rings is 1. The van der Waals surface area contributed by atoms with Gasteiger partial charge in [0, 0.05) is 10.4 Å². The van der Waals surface area contributed by atoms with Crippen molar-refractivity contribution in [3.63, 3.8) is 0 Å². The quantitative estimate of drug-likeness (QED) is 0.762. The summed E-state index contributed by atoms with van der Waals surface area (Å²) in [5.41, 5.74) is 11.5. The minimum atomic E-state index is -0.744. The maximum Gasteiger partial charge on any atom is 0.317 e. The smallest absolute Gasteiger partial charge is 0.317 e. The fourth-order valence-electron chi connectivity index (χ4n) is 1.92. The van der Waals surface area contributed by atoms with Crippen molar-refractivity contribution in [2.75, 3.05) is 11.9 Å². The Morgan fingerprint density at radius 3 is 2.64 bits per heavy atom. The van der Waals surface area contributed by atoms with Crippen LogP contribution in [0.2, 0.25) is 0 Å². The average molecular weight is 319 g/mol. The Morgan fingerprint density at radius 2 is 2.00 bits per heavy atom. The van der Waals surface area contributed by atoms with Gasteiger partial charge in [0.15, 0.2) is 0 Å². The molecule has 0 radical (unpaired) electrons. The topological polar surface area (TPSA) is 107 Å². The summed E-state index contributed by atoms with van der Waals surface area (Å²) in [6.45, 7) is 2.62. The number of hydrogen-bond acceptors (Lipinski definition) is 4. The molecule has 116 valence electrons. The molecule has 6 nitrogen and oxygen atoms in total. The molecule has 1 aromatic heterocycles. The maximum atomic E-state index is 11.5. The van der Waals surface area contributed by atoms with Crippen LogP contribution >= 0.6 is 11.3 Å². The van der Waals surface area contributed by atoms with Crippen molar-refractivity contribution in [2.45, 2.75) is 13.3 Å². The summed E-state index contributed by atoms with van der Waals surface area (Å²) in [5, 5.41) is 2.76. The number of para-hydroxylation sites is 1. The second-order valence-electron chi connectivity index (χ2n) is 4.55. The lowest BCUT2D eigenvalue weighted by molar-refractivity contribution is 0.100. The van der Waals surface area contributed by atoms with Gasteiger partial charge >= 0.3 is 6.03 Å². The largest absolute Gasteiger partial charge is 0.493 e. The maximum absolute atomic E-state index is 11.5. The number of anilines is 1. The fourth-order valence-corrected chi connectivity index (χ4v) is 3.02. The number of thiophene rings is 1. The molecule has 0 aliphatic heterocycles. The third kappa shape index (κ3) is 3.56. The molecule has 0 saturated carbocycles. The summed E-state index contributed by atoms with van der Waals surface area (Å²) in [6, 6.07) is 8.38. The van der Waals surface area contributed by atoms with E-state index in [4.69, 9.17) is 16.2 Å². The first-order valence-electron chi connectivity index (χ1n) is 6.75. The Kier molecular flexibility index (Phi) is 5.00. The highest BCUT2D eigenvalue weighted by atomic mass is 32.1. The Balaban J connectivity index is 2.44. The number of ether oxygens (including phenoxy) is 1. The van der Waals surface area contributed by atoms with Gasteiger partial charge < -0.3 is 16.2 Å². The highest BCUT2D eigenvalue weighted by Crippen LogP contribution is 2.39. The molecule has 0 aliphatic rings. The molecule has 0 atom stereocenters. The number of carbonyl (C=O) groups is 2. The van der Waals surface area contributed by atoms with Gasteiger partial charge in [-0.2, -0.15) is 0 Å². The van der Waals surface area contributed by atoms with E-state index in [1.165, 1.54) is 11.3 Å². The first-order valence-corrected chi connectivity index (χ1v) is 7.56. The lowest BCUT2D eigenvalue weighted by Crippen LogP contribution is -2.21. The Bertz CT molecular complexity index is 697. The Hall–Kier alpha value is -2.54. The molecule has 0 bridgehead atoms. The van der Waals surface area contributed by atoms with Crippen molar-refractivity contribution in [1.82, 2.24) is 0 Å². The van der Waals surface area contributed by atoms with Crippen LogP contribution in [0, 0.1) is 0 Å². The molecule has 7 heteroatoms. The highest BCUT2D eigenvalue weighted by Gasteiger charge is 2.17. The standard InChI is InChI=1S/C15H17N3O3S/c1-2-7-21-11-6-4-3-5-9(11)12-8-10(13(16)19)14(22-12)18-15(17)20/h3-6,8H,2,7H2,1H3,(H2,16,19)(H3,17,18,20). The summed E-state index contributed by atoms with van der Waals surface area (Å²) in [6.07, 6.45) is 0.889. The molecular weight excluding hydrogens is 302 g/mol. The molecule has 0 saturated heterocycles. The van der Waals surface area contributed by atoms with E-state index in [9.17, 15) is 9.59 Å². The van der Waals surface area contributed by atoms with Gasteiger partial charge in [-0.15, -0.1) is 11.3 Å². The molecule has 5 N–H and O–H groups in total. The van der Waals surface area contributed by atoms with Crippen LogP contribution in [0.4, 0.5) is 9.80 Å². The zero-order chi connectivity index (χ0) is 16.1. The third-order valence-electron chi connectivity index (χ3n) is 2.85.